The Morgan fingerprint density at radius 3 is 2.36 bits per heavy atom. The summed E-state index contributed by atoms with van der Waals surface area (Å²) in [6, 6.07) is 9.85. The van der Waals surface area contributed by atoms with Crippen molar-refractivity contribution in [2.45, 2.75) is 12.9 Å². The summed E-state index contributed by atoms with van der Waals surface area (Å²) >= 11 is 0.886. The molecule has 0 unspecified atom stereocenters. The highest BCUT2D eigenvalue weighted by Gasteiger charge is 2.31. The van der Waals surface area contributed by atoms with Gasteiger partial charge in [0.15, 0.2) is 0 Å². The Labute approximate surface area is 159 Å². The zero-order chi connectivity index (χ0) is 20.3. The van der Waals surface area contributed by atoms with Gasteiger partial charge < -0.3 is 4.74 Å². The molecule has 6 nitrogen and oxygen atoms in total. The van der Waals surface area contributed by atoms with Gasteiger partial charge in [-0.15, -0.1) is 13.2 Å². The average molecular weight is 413 g/mol. The summed E-state index contributed by atoms with van der Waals surface area (Å²) in [7, 11) is 0. The fourth-order valence-electron chi connectivity index (χ4n) is 2.19. The van der Waals surface area contributed by atoms with Gasteiger partial charge in [0.1, 0.15) is 11.6 Å². The van der Waals surface area contributed by atoms with Gasteiger partial charge in [-0.3, -0.25) is 10.1 Å². The minimum Gasteiger partial charge on any atom is -0.406 e. The highest BCUT2D eigenvalue weighted by Crippen LogP contribution is 2.23. The first-order valence-electron chi connectivity index (χ1n) is 7.69. The number of benzene rings is 2. The van der Waals surface area contributed by atoms with Crippen LogP contribution in [0, 0.1) is 5.82 Å². The van der Waals surface area contributed by atoms with Crippen molar-refractivity contribution in [2.24, 2.45) is 0 Å². The molecule has 0 aliphatic rings. The molecule has 1 aromatic heterocycles. The van der Waals surface area contributed by atoms with Crippen molar-refractivity contribution in [3.8, 4) is 5.75 Å². The summed E-state index contributed by atoms with van der Waals surface area (Å²) in [6.45, 7) is 0.149. The third-order valence-electron chi connectivity index (χ3n) is 3.42. The maximum atomic E-state index is 12.9. The van der Waals surface area contributed by atoms with Crippen LogP contribution in [-0.2, 0) is 6.54 Å². The predicted molar refractivity (Wildman–Crippen MR) is 93.0 cm³/mol. The molecule has 1 heterocycles. The Morgan fingerprint density at radius 2 is 1.75 bits per heavy atom. The van der Waals surface area contributed by atoms with E-state index in [0.29, 0.717) is 5.56 Å². The van der Waals surface area contributed by atoms with Crippen LogP contribution in [0.2, 0.25) is 0 Å². The number of nitrogens with zero attached hydrogens (tertiary/aromatic N) is 2. The van der Waals surface area contributed by atoms with Crippen molar-refractivity contribution in [3.05, 3.63) is 76.0 Å². The molecule has 0 bridgehead atoms. The first kappa shape index (κ1) is 19.5. The molecule has 11 heteroatoms. The van der Waals surface area contributed by atoms with Gasteiger partial charge >= 0.3 is 12.1 Å². The maximum Gasteiger partial charge on any atom is 0.573 e. The minimum atomic E-state index is -4.83. The van der Waals surface area contributed by atoms with Crippen LogP contribution in [0.15, 0.2) is 53.3 Å². The predicted octanol–water partition coefficient (Wildman–Crippen LogP) is 3.64. The van der Waals surface area contributed by atoms with Crippen LogP contribution in [0.25, 0.3) is 0 Å². The van der Waals surface area contributed by atoms with Gasteiger partial charge in [-0.05, 0) is 53.5 Å². The Bertz CT molecular complexity index is 1030. The van der Waals surface area contributed by atoms with E-state index in [9.17, 15) is 27.2 Å². The van der Waals surface area contributed by atoms with Crippen molar-refractivity contribution < 1.29 is 27.1 Å². The molecular formula is C17H11F4N3O3S. The molecule has 0 aliphatic carbocycles. The largest absolute Gasteiger partial charge is 0.573 e. The van der Waals surface area contributed by atoms with Crippen molar-refractivity contribution in [3.63, 3.8) is 0 Å². The number of carbonyl (C=O) groups excluding carboxylic acids is 1. The molecular weight excluding hydrogens is 402 g/mol. The monoisotopic (exact) mass is 413 g/mol. The Balaban J connectivity index is 1.67. The molecule has 1 N–H and O–H groups in total. The number of hydrogen-bond acceptors (Lipinski definition) is 5. The lowest BCUT2D eigenvalue weighted by molar-refractivity contribution is -0.274. The number of anilines is 1. The number of nitrogens with one attached hydrogen (secondary N) is 1. The highest BCUT2D eigenvalue weighted by molar-refractivity contribution is 7.10. The molecule has 2 aromatic carbocycles. The zero-order valence-electron chi connectivity index (χ0n) is 13.9. The normalized spacial score (nSPS) is 11.3. The summed E-state index contributed by atoms with van der Waals surface area (Å²) in [4.78, 5) is 27.8. The van der Waals surface area contributed by atoms with Gasteiger partial charge in [-0.1, -0.05) is 12.1 Å². The van der Waals surface area contributed by atoms with Crippen LogP contribution in [0.3, 0.4) is 0 Å². The van der Waals surface area contributed by atoms with E-state index in [2.05, 4.69) is 15.0 Å². The van der Waals surface area contributed by atoms with E-state index >= 15 is 0 Å². The first-order chi connectivity index (χ1) is 13.2. The highest BCUT2D eigenvalue weighted by atomic mass is 32.1. The summed E-state index contributed by atoms with van der Waals surface area (Å²) < 4.78 is 54.4. The lowest BCUT2D eigenvalue weighted by Gasteiger charge is -2.09. The molecule has 28 heavy (non-hydrogen) atoms. The molecule has 1 amide bonds. The molecule has 0 spiro atoms. The summed E-state index contributed by atoms with van der Waals surface area (Å²) in [6.07, 6.45) is -4.83. The van der Waals surface area contributed by atoms with Crippen molar-refractivity contribution >= 4 is 22.6 Å². The molecule has 3 rings (SSSR count). The number of halogens is 4. The molecule has 0 radical (unpaired) electrons. The number of amides is 1. The molecule has 0 fully saturated rings. The third kappa shape index (κ3) is 5.16. The van der Waals surface area contributed by atoms with Gasteiger partial charge in [0.25, 0.3) is 5.91 Å². The number of ether oxygens (including phenoxy) is 1. The number of carbonyl (C=O) groups is 1. The number of rotatable bonds is 5. The second-order valence-electron chi connectivity index (χ2n) is 5.48. The van der Waals surface area contributed by atoms with Crippen LogP contribution in [0.5, 0.6) is 5.75 Å². The van der Waals surface area contributed by atoms with Crippen LogP contribution < -0.4 is 15.7 Å². The Kier molecular flexibility index (Phi) is 5.45. The van der Waals surface area contributed by atoms with Crippen molar-refractivity contribution in [2.75, 3.05) is 5.32 Å². The average Bonchev–Trinajstić information content (AvgIpc) is 2.95. The van der Waals surface area contributed by atoms with Gasteiger partial charge in [0.2, 0.25) is 5.13 Å². The van der Waals surface area contributed by atoms with Gasteiger partial charge in [-0.25, -0.2) is 13.1 Å². The van der Waals surface area contributed by atoms with E-state index in [1.807, 2.05) is 0 Å². The quantitative estimate of drug-likeness (QED) is 0.649. The van der Waals surface area contributed by atoms with Crippen molar-refractivity contribution in [1.82, 2.24) is 8.94 Å². The lowest BCUT2D eigenvalue weighted by atomic mass is 10.2. The lowest BCUT2D eigenvalue weighted by Crippen LogP contribution is -2.17. The molecule has 0 atom stereocenters. The van der Waals surface area contributed by atoms with E-state index in [1.165, 1.54) is 28.2 Å². The van der Waals surface area contributed by atoms with E-state index in [-0.39, 0.29) is 17.2 Å². The zero-order valence-corrected chi connectivity index (χ0v) is 14.7. The van der Waals surface area contributed by atoms with Crippen LogP contribution in [0.1, 0.15) is 15.9 Å². The summed E-state index contributed by atoms with van der Waals surface area (Å²) in [5.41, 5.74) is 0.131. The van der Waals surface area contributed by atoms with E-state index in [4.69, 9.17) is 0 Å². The topological polar surface area (TPSA) is 73.2 Å². The molecule has 146 valence electrons. The fourth-order valence-corrected chi connectivity index (χ4v) is 2.99. The van der Waals surface area contributed by atoms with Crippen molar-refractivity contribution in [1.29, 1.82) is 0 Å². The molecule has 0 saturated heterocycles. The molecule has 3 aromatic rings. The second-order valence-corrected chi connectivity index (χ2v) is 6.49. The molecule has 0 saturated carbocycles. The number of hydrogen-bond donors (Lipinski definition) is 1. The maximum absolute atomic E-state index is 12.9. The number of alkyl halides is 3. The van der Waals surface area contributed by atoms with Gasteiger partial charge in [0.05, 0.1) is 6.54 Å². The Morgan fingerprint density at radius 1 is 1.11 bits per heavy atom. The van der Waals surface area contributed by atoms with E-state index < -0.39 is 29.5 Å². The van der Waals surface area contributed by atoms with Crippen LogP contribution in [0.4, 0.5) is 22.7 Å². The minimum absolute atomic E-state index is 0.0210. The fraction of sp³-hybridized carbons (Fsp3) is 0.118. The Hall–Kier alpha value is -3.21. The third-order valence-corrected chi connectivity index (χ3v) is 4.29. The van der Waals surface area contributed by atoms with Gasteiger partial charge in [-0.2, -0.15) is 4.98 Å². The smallest absolute Gasteiger partial charge is 0.406 e. The van der Waals surface area contributed by atoms with Crippen LogP contribution in [-0.4, -0.2) is 21.2 Å². The summed E-state index contributed by atoms with van der Waals surface area (Å²) in [5.74, 6) is -1.52. The van der Waals surface area contributed by atoms with Gasteiger partial charge in [0, 0.05) is 5.56 Å². The van der Waals surface area contributed by atoms with E-state index in [0.717, 1.165) is 35.8 Å². The first-order valence-corrected chi connectivity index (χ1v) is 8.47. The standard InChI is InChI=1S/C17H11F4N3O3S/c18-12-5-1-10(2-6-12)9-24-16(26)23-15(28-24)22-14(25)11-3-7-13(8-4-11)27-17(19,20)21/h1-8H,9H2,(H,22,23,25,26). The number of aromatic nitrogens is 2. The second kappa shape index (κ2) is 7.80. The summed E-state index contributed by atoms with van der Waals surface area (Å²) in [5, 5.41) is 2.43. The van der Waals surface area contributed by atoms with Crippen LogP contribution >= 0.6 is 11.5 Å². The molecule has 0 aliphatic heterocycles. The van der Waals surface area contributed by atoms with E-state index in [1.54, 1.807) is 0 Å². The SMILES string of the molecule is O=C(Nc1nc(=O)n(Cc2ccc(F)cc2)s1)c1ccc(OC(F)(F)F)cc1.